The van der Waals surface area contributed by atoms with E-state index in [2.05, 4.69) is 32.1 Å². The monoisotopic (exact) mass is 383 g/mol. The number of hydrogen-bond donors (Lipinski definition) is 1. The Morgan fingerprint density at radius 1 is 1.36 bits per heavy atom. The summed E-state index contributed by atoms with van der Waals surface area (Å²) in [6.45, 7) is 7.36. The number of anilines is 1. The molecule has 1 fully saturated rings. The van der Waals surface area contributed by atoms with Crippen molar-refractivity contribution in [1.29, 1.82) is 0 Å². The first kappa shape index (κ1) is 20.2. The highest BCUT2D eigenvalue weighted by atomic mass is 16.5. The normalized spacial score (nSPS) is 17.3. The zero-order valence-electron chi connectivity index (χ0n) is 16.7. The third kappa shape index (κ3) is 5.25. The van der Waals surface area contributed by atoms with Gasteiger partial charge in [0.25, 0.3) is 0 Å². The number of piperidine rings is 1. The summed E-state index contributed by atoms with van der Waals surface area (Å²) in [5, 5.41) is 3.32. The first-order chi connectivity index (χ1) is 13.7. The number of nitrogens with zero attached hydrogens (tertiary/aromatic N) is 4. The molecule has 2 aromatic rings. The van der Waals surface area contributed by atoms with Gasteiger partial charge in [0.1, 0.15) is 11.4 Å². The minimum atomic E-state index is -0.410. The maximum Gasteiger partial charge on any atom is 0.343 e. The zero-order chi connectivity index (χ0) is 19.8. The largest absolute Gasteiger partial charge is 0.462 e. The van der Waals surface area contributed by atoms with Crippen LogP contribution in [0.4, 0.5) is 5.82 Å². The van der Waals surface area contributed by atoms with Crippen LogP contribution in [0.5, 0.6) is 0 Å². The molecule has 0 aliphatic carbocycles. The molecule has 28 heavy (non-hydrogen) atoms. The average molecular weight is 383 g/mol. The number of rotatable bonds is 8. The van der Waals surface area contributed by atoms with Crippen molar-refractivity contribution in [2.75, 3.05) is 31.6 Å². The average Bonchev–Trinajstić information content (AvgIpc) is 2.73. The van der Waals surface area contributed by atoms with Crippen LogP contribution in [0, 0.1) is 0 Å². The molecular formula is C21H29N5O2. The van der Waals surface area contributed by atoms with E-state index in [9.17, 15) is 4.79 Å². The van der Waals surface area contributed by atoms with E-state index >= 15 is 0 Å². The minimum Gasteiger partial charge on any atom is -0.462 e. The topological polar surface area (TPSA) is 80.2 Å². The van der Waals surface area contributed by atoms with Crippen molar-refractivity contribution in [3.8, 4) is 11.4 Å². The van der Waals surface area contributed by atoms with Gasteiger partial charge in [-0.3, -0.25) is 4.98 Å². The minimum absolute atomic E-state index is 0.315. The summed E-state index contributed by atoms with van der Waals surface area (Å²) >= 11 is 0. The third-order valence-electron chi connectivity index (χ3n) is 5.06. The molecule has 2 aromatic heterocycles. The molecule has 1 atom stereocenters. The van der Waals surface area contributed by atoms with Crippen molar-refractivity contribution >= 4 is 11.8 Å². The predicted octanol–water partition coefficient (Wildman–Crippen LogP) is 3.39. The Kier molecular flexibility index (Phi) is 7.31. The zero-order valence-corrected chi connectivity index (χ0v) is 16.7. The number of nitrogens with one attached hydrogen (secondary N) is 1. The Bertz CT molecular complexity index is 769. The number of carbonyl (C=O) groups is 1. The Morgan fingerprint density at radius 3 is 3.00 bits per heavy atom. The second kappa shape index (κ2) is 10.1. The highest BCUT2D eigenvalue weighted by molar-refractivity contribution is 5.94. The molecule has 1 N–H and O–H groups in total. The van der Waals surface area contributed by atoms with E-state index in [0.29, 0.717) is 29.9 Å². The number of carbonyl (C=O) groups excluding carboxylic acids is 1. The highest BCUT2D eigenvalue weighted by Crippen LogP contribution is 2.20. The van der Waals surface area contributed by atoms with Crippen LogP contribution >= 0.6 is 0 Å². The van der Waals surface area contributed by atoms with E-state index in [1.807, 2.05) is 12.1 Å². The molecule has 1 unspecified atom stereocenters. The number of ether oxygens (including phenoxy) is 1. The van der Waals surface area contributed by atoms with Crippen LogP contribution in [0.25, 0.3) is 11.4 Å². The maximum atomic E-state index is 12.3. The van der Waals surface area contributed by atoms with E-state index in [1.54, 1.807) is 19.3 Å². The Balaban J connectivity index is 1.68. The molecule has 3 rings (SSSR count). The second-order valence-electron chi connectivity index (χ2n) is 7.08. The summed E-state index contributed by atoms with van der Waals surface area (Å²) < 4.78 is 5.15. The molecular weight excluding hydrogens is 354 g/mol. The van der Waals surface area contributed by atoms with Gasteiger partial charge in [-0.15, -0.1) is 0 Å². The van der Waals surface area contributed by atoms with Crippen molar-refractivity contribution in [3.63, 3.8) is 0 Å². The van der Waals surface area contributed by atoms with Crippen molar-refractivity contribution in [2.24, 2.45) is 0 Å². The Hall–Kier alpha value is -2.54. The van der Waals surface area contributed by atoms with Gasteiger partial charge in [0.05, 0.1) is 6.61 Å². The van der Waals surface area contributed by atoms with Gasteiger partial charge in [-0.25, -0.2) is 14.8 Å². The highest BCUT2D eigenvalue weighted by Gasteiger charge is 2.19. The van der Waals surface area contributed by atoms with Gasteiger partial charge in [-0.1, -0.05) is 6.42 Å². The molecule has 0 saturated carbocycles. The Morgan fingerprint density at radius 2 is 2.25 bits per heavy atom. The maximum absolute atomic E-state index is 12.3. The molecule has 1 aliphatic rings. The third-order valence-corrected chi connectivity index (χ3v) is 5.06. The molecule has 1 saturated heterocycles. The number of likely N-dealkylation sites (tertiary alicyclic amines) is 1. The van der Waals surface area contributed by atoms with Crippen LogP contribution in [0.2, 0.25) is 0 Å². The lowest BCUT2D eigenvalue weighted by atomic mass is 10.0. The van der Waals surface area contributed by atoms with E-state index in [-0.39, 0.29) is 0 Å². The summed E-state index contributed by atoms with van der Waals surface area (Å²) in [6.07, 6.45) is 9.82. The van der Waals surface area contributed by atoms with Gasteiger partial charge in [0, 0.05) is 43.3 Å². The predicted molar refractivity (Wildman–Crippen MR) is 109 cm³/mol. The van der Waals surface area contributed by atoms with Crippen molar-refractivity contribution in [2.45, 2.75) is 45.6 Å². The van der Waals surface area contributed by atoms with Crippen LogP contribution in [0.15, 0.2) is 30.7 Å². The van der Waals surface area contributed by atoms with Crippen molar-refractivity contribution in [1.82, 2.24) is 19.9 Å². The first-order valence-electron chi connectivity index (χ1n) is 10.1. The van der Waals surface area contributed by atoms with E-state index in [0.717, 1.165) is 25.1 Å². The molecule has 7 heteroatoms. The molecule has 7 nitrogen and oxygen atoms in total. The Labute approximate surface area is 166 Å². The molecule has 0 radical (unpaired) electrons. The molecule has 1 aliphatic heterocycles. The first-order valence-corrected chi connectivity index (χ1v) is 10.1. The standard InChI is InChI=1S/C21H29N5O2/c1-3-28-21(27)18-15-24-19(17-9-6-10-22-14-17)25-20(18)23-11-7-13-26-12-5-4-8-16(26)2/h6,9-10,14-16H,3-5,7-8,11-13H2,1-2H3,(H,23,24,25). The molecule has 150 valence electrons. The van der Waals surface area contributed by atoms with Gasteiger partial charge in [-0.2, -0.15) is 0 Å². The summed E-state index contributed by atoms with van der Waals surface area (Å²) in [5.41, 5.74) is 1.17. The smallest absolute Gasteiger partial charge is 0.343 e. The molecule has 0 aromatic carbocycles. The SMILES string of the molecule is CCOC(=O)c1cnc(-c2cccnc2)nc1NCCCN1CCCCC1C. The van der Waals surface area contributed by atoms with Crippen molar-refractivity contribution in [3.05, 3.63) is 36.3 Å². The van der Waals surface area contributed by atoms with Gasteiger partial charge in [0.2, 0.25) is 0 Å². The quantitative estimate of drug-likeness (QED) is 0.553. The molecule has 0 spiro atoms. The molecule has 3 heterocycles. The van der Waals surface area contributed by atoms with Crippen LogP contribution in [-0.4, -0.2) is 58.1 Å². The number of aromatic nitrogens is 3. The van der Waals surface area contributed by atoms with Gasteiger partial charge in [0.15, 0.2) is 5.82 Å². The van der Waals surface area contributed by atoms with E-state index in [4.69, 9.17) is 4.74 Å². The van der Waals surface area contributed by atoms with Crippen LogP contribution in [0.3, 0.4) is 0 Å². The van der Waals surface area contributed by atoms with Crippen LogP contribution in [-0.2, 0) is 4.74 Å². The van der Waals surface area contributed by atoms with Crippen LogP contribution < -0.4 is 5.32 Å². The summed E-state index contributed by atoms with van der Waals surface area (Å²) in [5.74, 6) is 0.639. The lowest BCUT2D eigenvalue weighted by Gasteiger charge is -2.33. The lowest BCUT2D eigenvalue weighted by molar-refractivity contribution is 0.0526. The van der Waals surface area contributed by atoms with E-state index < -0.39 is 5.97 Å². The number of esters is 1. The van der Waals surface area contributed by atoms with Crippen molar-refractivity contribution < 1.29 is 9.53 Å². The van der Waals surface area contributed by atoms with Gasteiger partial charge >= 0.3 is 5.97 Å². The second-order valence-corrected chi connectivity index (χ2v) is 7.08. The fourth-order valence-corrected chi connectivity index (χ4v) is 3.49. The fraction of sp³-hybridized carbons (Fsp3) is 0.524. The van der Waals surface area contributed by atoms with Gasteiger partial charge < -0.3 is 15.0 Å². The van der Waals surface area contributed by atoms with E-state index in [1.165, 1.54) is 32.0 Å². The number of hydrogen-bond acceptors (Lipinski definition) is 7. The van der Waals surface area contributed by atoms with Crippen LogP contribution in [0.1, 0.15) is 49.9 Å². The summed E-state index contributed by atoms with van der Waals surface area (Å²) in [7, 11) is 0. The molecule has 0 bridgehead atoms. The number of pyridine rings is 1. The fourth-order valence-electron chi connectivity index (χ4n) is 3.49. The summed E-state index contributed by atoms with van der Waals surface area (Å²) in [4.78, 5) is 27.8. The molecule has 0 amide bonds. The summed E-state index contributed by atoms with van der Waals surface area (Å²) in [6, 6.07) is 4.39. The van der Waals surface area contributed by atoms with Gasteiger partial charge in [-0.05, 0) is 51.8 Å². The lowest BCUT2D eigenvalue weighted by Crippen LogP contribution is -2.38.